The maximum atomic E-state index is 12.2. The number of nitrogens with one attached hydrogen (secondary N) is 1. The monoisotopic (exact) mass is 295 g/mol. The van der Waals surface area contributed by atoms with Gasteiger partial charge in [0.15, 0.2) is 0 Å². The van der Waals surface area contributed by atoms with Gasteiger partial charge in [0.25, 0.3) is 5.91 Å². The molecule has 3 nitrogen and oxygen atoms in total. The molecule has 0 unspecified atom stereocenters. The zero-order valence-electron chi connectivity index (χ0n) is 12.1. The van der Waals surface area contributed by atoms with Crippen molar-refractivity contribution in [1.82, 2.24) is 5.32 Å². The van der Waals surface area contributed by atoms with E-state index in [0.717, 1.165) is 31.4 Å². The van der Waals surface area contributed by atoms with Crippen LogP contribution >= 0.6 is 11.6 Å². The fraction of sp³-hybridized carbons (Fsp3) is 0.562. The molecule has 1 N–H and O–H groups in total. The summed E-state index contributed by atoms with van der Waals surface area (Å²) in [5.41, 5.74) is 0.649. The van der Waals surface area contributed by atoms with Gasteiger partial charge in [-0.3, -0.25) is 4.79 Å². The zero-order valence-corrected chi connectivity index (χ0v) is 12.8. The van der Waals surface area contributed by atoms with Crippen LogP contribution in [0.1, 0.15) is 49.9 Å². The van der Waals surface area contributed by atoms with Gasteiger partial charge in [0.2, 0.25) is 0 Å². The second kappa shape index (κ2) is 6.98. The second-order valence-corrected chi connectivity index (χ2v) is 6.23. The van der Waals surface area contributed by atoms with Crippen molar-refractivity contribution in [2.45, 2.75) is 57.1 Å². The summed E-state index contributed by atoms with van der Waals surface area (Å²) in [6.07, 6.45) is 3.98. The molecule has 110 valence electrons. The van der Waals surface area contributed by atoms with Crippen molar-refractivity contribution in [3.63, 3.8) is 0 Å². The molecule has 0 aromatic heterocycles. The highest BCUT2D eigenvalue weighted by atomic mass is 35.5. The van der Waals surface area contributed by atoms with Gasteiger partial charge in [-0.1, -0.05) is 6.07 Å². The first-order valence-corrected chi connectivity index (χ1v) is 7.70. The number of carbonyl (C=O) groups excluding carboxylic acids is 1. The summed E-state index contributed by atoms with van der Waals surface area (Å²) in [6, 6.07) is 7.57. The number of ether oxygens (including phenoxy) is 1. The van der Waals surface area contributed by atoms with Crippen LogP contribution in [0.5, 0.6) is 5.75 Å². The van der Waals surface area contributed by atoms with E-state index in [1.807, 2.05) is 32.0 Å². The Morgan fingerprint density at radius 3 is 2.65 bits per heavy atom. The van der Waals surface area contributed by atoms with Gasteiger partial charge in [-0.15, -0.1) is 11.6 Å². The number of hydrogen-bond donors (Lipinski definition) is 1. The van der Waals surface area contributed by atoms with Crippen LogP contribution in [-0.4, -0.2) is 23.4 Å². The van der Waals surface area contributed by atoms with Gasteiger partial charge < -0.3 is 10.1 Å². The molecule has 1 aromatic carbocycles. The Balaban J connectivity index is 1.95. The van der Waals surface area contributed by atoms with Crippen LogP contribution in [0.25, 0.3) is 0 Å². The molecule has 0 radical (unpaired) electrons. The molecule has 1 aromatic rings. The van der Waals surface area contributed by atoms with Gasteiger partial charge in [-0.2, -0.15) is 0 Å². The second-order valence-electron chi connectivity index (χ2n) is 5.62. The number of rotatable bonds is 4. The van der Waals surface area contributed by atoms with E-state index in [0.29, 0.717) is 5.56 Å². The van der Waals surface area contributed by atoms with E-state index in [4.69, 9.17) is 16.3 Å². The van der Waals surface area contributed by atoms with Gasteiger partial charge in [0, 0.05) is 17.0 Å². The highest BCUT2D eigenvalue weighted by molar-refractivity contribution is 6.20. The summed E-state index contributed by atoms with van der Waals surface area (Å²) in [7, 11) is 0. The molecule has 0 atom stereocenters. The van der Waals surface area contributed by atoms with E-state index in [9.17, 15) is 4.79 Å². The normalized spacial score (nSPS) is 22.6. The van der Waals surface area contributed by atoms with Crippen LogP contribution < -0.4 is 10.1 Å². The van der Waals surface area contributed by atoms with Crippen LogP contribution in [-0.2, 0) is 0 Å². The predicted molar refractivity (Wildman–Crippen MR) is 81.6 cm³/mol. The Bertz CT molecular complexity index is 454. The predicted octanol–water partition coefficient (Wildman–Crippen LogP) is 3.75. The van der Waals surface area contributed by atoms with Crippen molar-refractivity contribution >= 4 is 17.5 Å². The molecule has 0 aliphatic heterocycles. The molecule has 1 saturated carbocycles. The van der Waals surface area contributed by atoms with Crippen LogP contribution in [0.2, 0.25) is 0 Å². The fourth-order valence-electron chi connectivity index (χ4n) is 2.45. The lowest BCUT2D eigenvalue weighted by Crippen LogP contribution is -2.37. The van der Waals surface area contributed by atoms with Crippen LogP contribution in [0.4, 0.5) is 0 Å². The highest BCUT2D eigenvalue weighted by Gasteiger charge is 2.21. The maximum Gasteiger partial charge on any atom is 0.251 e. The third-order valence-electron chi connectivity index (χ3n) is 3.46. The first kappa shape index (κ1) is 15.2. The quantitative estimate of drug-likeness (QED) is 0.859. The Morgan fingerprint density at radius 1 is 1.30 bits per heavy atom. The van der Waals surface area contributed by atoms with Crippen molar-refractivity contribution < 1.29 is 9.53 Å². The van der Waals surface area contributed by atoms with Crippen molar-refractivity contribution in [3.05, 3.63) is 29.8 Å². The van der Waals surface area contributed by atoms with Gasteiger partial charge in [0.1, 0.15) is 5.75 Å². The van der Waals surface area contributed by atoms with Gasteiger partial charge in [-0.25, -0.2) is 0 Å². The fourth-order valence-corrected chi connectivity index (χ4v) is 2.70. The molecule has 0 spiro atoms. The first-order valence-electron chi connectivity index (χ1n) is 7.26. The van der Waals surface area contributed by atoms with Crippen molar-refractivity contribution in [3.8, 4) is 5.75 Å². The number of amides is 1. The van der Waals surface area contributed by atoms with Gasteiger partial charge >= 0.3 is 0 Å². The molecule has 1 fully saturated rings. The standard InChI is InChI=1S/C16H22ClNO2/c1-11(2)20-15-5-3-4-12(10-15)16(19)18-14-8-6-13(17)7-9-14/h3-5,10-11,13-14H,6-9H2,1-2H3,(H,18,19). The van der Waals surface area contributed by atoms with Crippen LogP contribution in [0.15, 0.2) is 24.3 Å². The molecule has 0 saturated heterocycles. The maximum absolute atomic E-state index is 12.2. The number of carbonyl (C=O) groups is 1. The Kier molecular flexibility index (Phi) is 5.30. The molecular formula is C16H22ClNO2. The van der Waals surface area contributed by atoms with Crippen LogP contribution in [0, 0.1) is 0 Å². The lowest BCUT2D eigenvalue weighted by molar-refractivity contribution is 0.0927. The van der Waals surface area contributed by atoms with Crippen LogP contribution in [0.3, 0.4) is 0 Å². The van der Waals surface area contributed by atoms with Crippen molar-refractivity contribution in [1.29, 1.82) is 0 Å². The smallest absolute Gasteiger partial charge is 0.251 e. The molecule has 2 rings (SSSR count). The summed E-state index contributed by atoms with van der Waals surface area (Å²) in [5.74, 6) is 0.703. The topological polar surface area (TPSA) is 38.3 Å². The van der Waals surface area contributed by atoms with E-state index in [1.54, 1.807) is 6.07 Å². The van der Waals surface area contributed by atoms with Crippen molar-refractivity contribution in [2.24, 2.45) is 0 Å². The Morgan fingerprint density at radius 2 is 2.00 bits per heavy atom. The third-order valence-corrected chi connectivity index (χ3v) is 3.90. The molecule has 0 heterocycles. The lowest BCUT2D eigenvalue weighted by atomic mass is 9.95. The summed E-state index contributed by atoms with van der Waals surface area (Å²) in [4.78, 5) is 12.2. The highest BCUT2D eigenvalue weighted by Crippen LogP contribution is 2.23. The number of halogens is 1. The molecule has 1 aliphatic rings. The lowest BCUT2D eigenvalue weighted by Gasteiger charge is -2.25. The van der Waals surface area contributed by atoms with Gasteiger partial charge in [-0.05, 0) is 57.7 Å². The zero-order chi connectivity index (χ0) is 14.5. The Hall–Kier alpha value is -1.22. The minimum Gasteiger partial charge on any atom is -0.491 e. The summed E-state index contributed by atoms with van der Waals surface area (Å²) in [6.45, 7) is 3.94. The summed E-state index contributed by atoms with van der Waals surface area (Å²) in [5, 5.41) is 3.35. The number of benzene rings is 1. The minimum absolute atomic E-state index is 0.0303. The molecule has 20 heavy (non-hydrogen) atoms. The van der Waals surface area contributed by atoms with Gasteiger partial charge in [0.05, 0.1) is 6.10 Å². The molecular weight excluding hydrogens is 274 g/mol. The molecule has 1 aliphatic carbocycles. The number of hydrogen-bond acceptors (Lipinski definition) is 2. The molecule has 0 bridgehead atoms. The summed E-state index contributed by atoms with van der Waals surface area (Å²) >= 11 is 6.08. The average molecular weight is 296 g/mol. The Labute approximate surface area is 125 Å². The molecule has 4 heteroatoms. The van der Waals surface area contributed by atoms with E-state index >= 15 is 0 Å². The van der Waals surface area contributed by atoms with E-state index < -0.39 is 0 Å². The van der Waals surface area contributed by atoms with E-state index in [-0.39, 0.29) is 23.4 Å². The summed E-state index contributed by atoms with van der Waals surface area (Å²) < 4.78 is 5.61. The third kappa shape index (κ3) is 4.41. The first-order chi connectivity index (χ1) is 9.54. The average Bonchev–Trinajstić information content (AvgIpc) is 2.41. The minimum atomic E-state index is -0.0303. The van der Waals surface area contributed by atoms with Crippen molar-refractivity contribution in [2.75, 3.05) is 0 Å². The van der Waals surface area contributed by atoms with E-state index in [1.165, 1.54) is 0 Å². The number of alkyl halides is 1. The largest absolute Gasteiger partial charge is 0.491 e. The SMILES string of the molecule is CC(C)Oc1cccc(C(=O)NC2CCC(Cl)CC2)c1. The molecule has 1 amide bonds. The van der Waals surface area contributed by atoms with E-state index in [2.05, 4.69) is 5.32 Å².